The summed E-state index contributed by atoms with van der Waals surface area (Å²) in [6.07, 6.45) is 1.31. The Morgan fingerprint density at radius 3 is 3.00 bits per heavy atom. The van der Waals surface area contributed by atoms with E-state index in [9.17, 15) is 4.79 Å². The van der Waals surface area contributed by atoms with Crippen molar-refractivity contribution in [3.8, 4) is 11.5 Å². The highest BCUT2D eigenvalue weighted by atomic mass is 16.7. The molecule has 1 aromatic rings. The fourth-order valence-electron chi connectivity index (χ4n) is 2.53. The Balaban J connectivity index is 1.80. The number of fused-ring (bicyclic) bond motifs is 1. The molecule has 96 valence electrons. The SMILES string of the molecule is O=C(O)C1CCNC(c2ccc3c(c2)OCO3)C1. The Labute approximate surface area is 105 Å². The van der Waals surface area contributed by atoms with Gasteiger partial charge in [-0.05, 0) is 37.1 Å². The zero-order valence-corrected chi connectivity index (χ0v) is 9.89. The summed E-state index contributed by atoms with van der Waals surface area (Å²) in [5.74, 6) is 0.528. The summed E-state index contributed by atoms with van der Waals surface area (Å²) in [4.78, 5) is 11.0. The molecule has 18 heavy (non-hydrogen) atoms. The van der Waals surface area contributed by atoms with Gasteiger partial charge >= 0.3 is 5.97 Å². The molecular formula is C13H15NO4. The van der Waals surface area contributed by atoms with Crippen LogP contribution in [0.25, 0.3) is 0 Å². The van der Waals surface area contributed by atoms with Gasteiger partial charge in [-0.25, -0.2) is 0 Å². The zero-order valence-electron chi connectivity index (χ0n) is 9.89. The monoisotopic (exact) mass is 249 g/mol. The molecule has 0 bridgehead atoms. The van der Waals surface area contributed by atoms with Crippen LogP contribution >= 0.6 is 0 Å². The van der Waals surface area contributed by atoms with Crippen LogP contribution in [0, 0.1) is 5.92 Å². The molecule has 5 nitrogen and oxygen atoms in total. The van der Waals surface area contributed by atoms with Crippen LogP contribution in [0.15, 0.2) is 18.2 Å². The van der Waals surface area contributed by atoms with E-state index in [0.29, 0.717) is 12.8 Å². The maximum Gasteiger partial charge on any atom is 0.306 e. The number of hydrogen-bond acceptors (Lipinski definition) is 4. The number of benzene rings is 1. The molecule has 1 saturated heterocycles. The molecule has 1 aromatic carbocycles. The summed E-state index contributed by atoms with van der Waals surface area (Å²) in [5.41, 5.74) is 1.06. The Hall–Kier alpha value is -1.75. The third kappa shape index (κ3) is 2.01. The van der Waals surface area contributed by atoms with Crippen LogP contribution in [0.5, 0.6) is 11.5 Å². The Morgan fingerprint density at radius 1 is 1.33 bits per heavy atom. The topological polar surface area (TPSA) is 67.8 Å². The van der Waals surface area contributed by atoms with Gasteiger partial charge in [-0.3, -0.25) is 4.79 Å². The van der Waals surface area contributed by atoms with E-state index in [1.165, 1.54) is 0 Å². The van der Waals surface area contributed by atoms with Gasteiger partial charge in [0.25, 0.3) is 0 Å². The molecule has 0 radical (unpaired) electrons. The molecule has 1 fully saturated rings. The van der Waals surface area contributed by atoms with Crippen molar-refractivity contribution >= 4 is 5.97 Å². The first-order chi connectivity index (χ1) is 8.74. The lowest BCUT2D eigenvalue weighted by atomic mass is 9.89. The fraction of sp³-hybridized carbons (Fsp3) is 0.462. The van der Waals surface area contributed by atoms with Crippen molar-refractivity contribution in [2.24, 2.45) is 5.92 Å². The van der Waals surface area contributed by atoms with Crippen molar-refractivity contribution in [3.63, 3.8) is 0 Å². The number of aliphatic carboxylic acids is 1. The van der Waals surface area contributed by atoms with Gasteiger partial charge in [-0.2, -0.15) is 0 Å². The molecule has 2 aliphatic heterocycles. The Bertz CT molecular complexity index is 474. The van der Waals surface area contributed by atoms with E-state index in [-0.39, 0.29) is 18.8 Å². The lowest BCUT2D eigenvalue weighted by Crippen LogP contribution is -2.34. The standard InChI is InChI=1S/C13H15NO4/c15-13(16)9-3-4-14-10(5-9)8-1-2-11-12(6-8)18-7-17-11/h1-2,6,9-10,14H,3-5,7H2,(H,15,16). The molecule has 5 heteroatoms. The lowest BCUT2D eigenvalue weighted by molar-refractivity contribution is -0.143. The number of hydrogen-bond donors (Lipinski definition) is 2. The van der Waals surface area contributed by atoms with Gasteiger partial charge in [0.1, 0.15) is 0 Å². The number of carboxylic acids is 1. The minimum Gasteiger partial charge on any atom is -0.481 e. The molecule has 3 rings (SSSR count). The third-order valence-electron chi connectivity index (χ3n) is 3.55. The quantitative estimate of drug-likeness (QED) is 0.832. The van der Waals surface area contributed by atoms with E-state index in [1.807, 2.05) is 18.2 Å². The number of ether oxygens (including phenoxy) is 2. The summed E-state index contributed by atoms with van der Waals surface area (Å²) in [7, 11) is 0. The summed E-state index contributed by atoms with van der Waals surface area (Å²) >= 11 is 0. The highest BCUT2D eigenvalue weighted by Gasteiger charge is 2.28. The van der Waals surface area contributed by atoms with E-state index < -0.39 is 5.97 Å². The van der Waals surface area contributed by atoms with Crippen molar-refractivity contribution in [1.82, 2.24) is 5.32 Å². The predicted molar refractivity (Wildman–Crippen MR) is 63.7 cm³/mol. The molecule has 2 atom stereocenters. The Morgan fingerprint density at radius 2 is 2.17 bits per heavy atom. The summed E-state index contributed by atoms with van der Waals surface area (Å²) in [5, 5.41) is 12.4. The second-order valence-corrected chi connectivity index (χ2v) is 4.68. The molecule has 0 aromatic heterocycles. The largest absolute Gasteiger partial charge is 0.481 e. The van der Waals surface area contributed by atoms with Gasteiger partial charge in [0.15, 0.2) is 11.5 Å². The number of nitrogens with one attached hydrogen (secondary N) is 1. The maximum atomic E-state index is 11.0. The number of carbonyl (C=O) groups is 1. The summed E-state index contributed by atoms with van der Waals surface area (Å²) < 4.78 is 10.6. The van der Waals surface area contributed by atoms with E-state index in [2.05, 4.69) is 5.32 Å². The van der Waals surface area contributed by atoms with Crippen LogP contribution in [-0.2, 0) is 4.79 Å². The first-order valence-electron chi connectivity index (χ1n) is 6.10. The van der Waals surface area contributed by atoms with Crippen LogP contribution in [0.3, 0.4) is 0 Å². The number of carboxylic acid groups (broad SMARTS) is 1. The molecule has 0 saturated carbocycles. The summed E-state index contributed by atoms with van der Waals surface area (Å²) in [6.45, 7) is 0.991. The van der Waals surface area contributed by atoms with Crippen molar-refractivity contribution < 1.29 is 19.4 Å². The van der Waals surface area contributed by atoms with Crippen LogP contribution in [0.1, 0.15) is 24.4 Å². The molecule has 2 aliphatic rings. The van der Waals surface area contributed by atoms with Crippen LogP contribution in [0.4, 0.5) is 0 Å². The smallest absolute Gasteiger partial charge is 0.306 e. The van der Waals surface area contributed by atoms with Crippen molar-refractivity contribution in [3.05, 3.63) is 23.8 Å². The average Bonchev–Trinajstić information content (AvgIpc) is 2.86. The number of piperidine rings is 1. The van der Waals surface area contributed by atoms with Crippen molar-refractivity contribution in [2.75, 3.05) is 13.3 Å². The minimum atomic E-state index is -0.706. The minimum absolute atomic E-state index is 0.0781. The zero-order chi connectivity index (χ0) is 12.5. The molecule has 0 spiro atoms. The fourth-order valence-corrected chi connectivity index (χ4v) is 2.53. The maximum absolute atomic E-state index is 11.0. The Kier molecular flexibility index (Phi) is 2.83. The van der Waals surface area contributed by atoms with Gasteiger partial charge in [-0.1, -0.05) is 6.07 Å². The van der Waals surface area contributed by atoms with Crippen molar-refractivity contribution in [1.29, 1.82) is 0 Å². The highest BCUT2D eigenvalue weighted by molar-refractivity contribution is 5.70. The molecule has 0 aliphatic carbocycles. The summed E-state index contributed by atoms with van der Waals surface area (Å²) in [6, 6.07) is 5.86. The second kappa shape index (κ2) is 4.49. The molecule has 0 amide bonds. The second-order valence-electron chi connectivity index (χ2n) is 4.68. The van der Waals surface area contributed by atoms with Gasteiger partial charge in [0, 0.05) is 6.04 Å². The van der Waals surface area contributed by atoms with Gasteiger partial charge in [0.2, 0.25) is 6.79 Å². The first-order valence-corrected chi connectivity index (χ1v) is 6.10. The van der Waals surface area contributed by atoms with Crippen LogP contribution in [-0.4, -0.2) is 24.4 Å². The van der Waals surface area contributed by atoms with E-state index in [4.69, 9.17) is 14.6 Å². The van der Waals surface area contributed by atoms with Crippen molar-refractivity contribution in [2.45, 2.75) is 18.9 Å². The first kappa shape index (κ1) is 11.3. The van der Waals surface area contributed by atoms with Gasteiger partial charge in [-0.15, -0.1) is 0 Å². The number of rotatable bonds is 2. The van der Waals surface area contributed by atoms with Crippen LogP contribution < -0.4 is 14.8 Å². The normalized spacial score (nSPS) is 26.0. The molecule has 2 heterocycles. The molecular weight excluding hydrogens is 234 g/mol. The van der Waals surface area contributed by atoms with Crippen LogP contribution in [0.2, 0.25) is 0 Å². The van der Waals surface area contributed by atoms with E-state index in [1.54, 1.807) is 0 Å². The predicted octanol–water partition coefficient (Wildman–Crippen LogP) is 1.54. The van der Waals surface area contributed by atoms with Gasteiger partial charge < -0.3 is 19.9 Å². The average molecular weight is 249 g/mol. The van der Waals surface area contributed by atoms with Gasteiger partial charge in [0.05, 0.1) is 5.92 Å². The third-order valence-corrected chi connectivity index (χ3v) is 3.55. The molecule has 2 N–H and O–H groups in total. The lowest BCUT2D eigenvalue weighted by Gasteiger charge is -2.28. The van der Waals surface area contributed by atoms with E-state index >= 15 is 0 Å². The van der Waals surface area contributed by atoms with E-state index in [0.717, 1.165) is 23.6 Å². The highest BCUT2D eigenvalue weighted by Crippen LogP contribution is 2.36. The molecule has 2 unspecified atom stereocenters.